The van der Waals surface area contributed by atoms with E-state index in [2.05, 4.69) is 6.58 Å². The Balaban J connectivity index is 4.02. The molecule has 0 radical (unpaired) electrons. The molecule has 0 aliphatic carbocycles. The maximum atomic E-state index is 11.2. The number of carbonyl (C=O) groups excluding carboxylic acids is 2. The fourth-order valence-corrected chi connectivity index (χ4v) is 2.87. The zero-order valence-corrected chi connectivity index (χ0v) is 14.1. The van der Waals surface area contributed by atoms with Gasteiger partial charge in [0, 0.05) is 18.8 Å². The minimum absolute atomic E-state index is 0.148. The van der Waals surface area contributed by atoms with Crippen LogP contribution >= 0.6 is 0 Å². The average Bonchev–Trinajstić information content (AvgIpc) is 2.43. The Labute approximate surface area is 127 Å². The van der Waals surface area contributed by atoms with E-state index in [1.54, 1.807) is 27.0 Å². The van der Waals surface area contributed by atoms with Gasteiger partial charge in [0.05, 0.1) is 6.61 Å². The molecule has 0 aliphatic rings. The molecule has 0 fully saturated rings. The zero-order valence-electron chi connectivity index (χ0n) is 13.1. The lowest BCUT2D eigenvalue weighted by atomic mass is 10.4. The molecule has 0 bridgehead atoms. The summed E-state index contributed by atoms with van der Waals surface area (Å²) >= 11 is 0. The first-order valence-corrected chi connectivity index (χ1v) is 9.18. The molecule has 0 aromatic heterocycles. The lowest BCUT2D eigenvalue weighted by Gasteiger charge is -2.24. The van der Waals surface area contributed by atoms with Crippen molar-refractivity contribution in [1.29, 1.82) is 0 Å². The molecule has 1 atom stereocenters. The van der Waals surface area contributed by atoms with Crippen molar-refractivity contribution in [2.75, 3.05) is 20.5 Å². The monoisotopic (exact) mass is 316 g/mol. The van der Waals surface area contributed by atoms with E-state index < -0.39 is 20.5 Å². The lowest BCUT2D eigenvalue weighted by molar-refractivity contribution is -0.145. The normalized spacial score (nSPS) is 13.7. The predicted octanol–water partition coefficient (Wildman–Crippen LogP) is 2.31. The maximum absolute atomic E-state index is 11.2. The van der Waals surface area contributed by atoms with Crippen LogP contribution in [0.3, 0.4) is 0 Å². The molecular weight excluding hydrogens is 292 g/mol. The summed E-state index contributed by atoms with van der Waals surface area (Å²) in [6.45, 7) is 8.81. The van der Waals surface area contributed by atoms with Gasteiger partial charge in [-0.3, -0.25) is 0 Å². The quantitative estimate of drug-likeness (QED) is 0.202. The number of carbonyl (C=O) groups is 2. The fraction of sp³-hybridized carbons (Fsp3) is 0.571. The number of ether oxygens (including phenoxy) is 2. The third-order valence-corrected chi connectivity index (χ3v) is 5.51. The Hall–Kier alpha value is -1.44. The van der Waals surface area contributed by atoms with E-state index >= 15 is 0 Å². The third-order valence-electron chi connectivity index (χ3n) is 2.66. The first-order valence-electron chi connectivity index (χ1n) is 6.66. The summed E-state index contributed by atoms with van der Waals surface area (Å²) in [7, 11) is -0.872. The van der Waals surface area contributed by atoms with Crippen molar-refractivity contribution in [3.8, 4) is 0 Å². The maximum Gasteiger partial charge on any atom is 0.337 e. The topological polar surface area (TPSA) is 71.1 Å². The van der Waals surface area contributed by atoms with Crippen molar-refractivity contribution in [3.63, 3.8) is 0 Å². The van der Waals surface area contributed by atoms with Crippen molar-refractivity contribution in [2.45, 2.75) is 32.9 Å². The summed E-state index contributed by atoms with van der Waals surface area (Å²) in [4.78, 5) is 22.3. The van der Waals surface area contributed by atoms with Gasteiger partial charge in [0.15, 0.2) is 6.79 Å². The van der Waals surface area contributed by atoms with Gasteiger partial charge < -0.3 is 18.3 Å². The van der Waals surface area contributed by atoms with Gasteiger partial charge in [-0.2, -0.15) is 0 Å². The molecule has 0 spiro atoms. The van der Waals surface area contributed by atoms with Crippen molar-refractivity contribution in [2.24, 2.45) is 0 Å². The molecule has 120 valence electrons. The van der Waals surface area contributed by atoms with E-state index in [1.807, 2.05) is 6.55 Å². The molecule has 1 unspecified atom stereocenters. The Bertz CT molecular complexity index is 393. The van der Waals surface area contributed by atoms with Crippen LogP contribution in [-0.4, -0.2) is 41.0 Å². The highest BCUT2D eigenvalue weighted by Crippen LogP contribution is 2.15. The van der Waals surface area contributed by atoms with Gasteiger partial charge >= 0.3 is 20.5 Å². The molecule has 0 saturated heterocycles. The molecule has 0 rings (SSSR count). The lowest BCUT2D eigenvalue weighted by Crippen LogP contribution is -2.38. The molecule has 0 saturated carbocycles. The molecule has 0 amide bonds. The van der Waals surface area contributed by atoms with Crippen LogP contribution in [0.5, 0.6) is 0 Å². The number of esters is 2. The molecule has 21 heavy (non-hydrogen) atoms. The van der Waals surface area contributed by atoms with E-state index in [0.29, 0.717) is 18.0 Å². The largest absolute Gasteiger partial charge is 0.462 e. The van der Waals surface area contributed by atoms with Gasteiger partial charge in [-0.1, -0.05) is 12.7 Å². The number of allylic oxidation sites excluding steroid dienone is 1. The van der Waals surface area contributed by atoms with Crippen LogP contribution in [0.15, 0.2) is 24.3 Å². The first-order chi connectivity index (χ1) is 9.84. The van der Waals surface area contributed by atoms with E-state index in [0.717, 1.165) is 0 Å². The third kappa shape index (κ3) is 9.17. The Morgan fingerprint density at radius 2 is 1.95 bits per heavy atom. The summed E-state index contributed by atoms with van der Waals surface area (Å²) in [5.41, 5.74) is 0.369. The van der Waals surface area contributed by atoms with Crippen LogP contribution < -0.4 is 0 Å². The molecule has 0 aromatic carbocycles. The predicted molar refractivity (Wildman–Crippen MR) is 80.7 cm³/mol. The van der Waals surface area contributed by atoms with Crippen LogP contribution in [-0.2, 0) is 27.9 Å². The summed E-state index contributed by atoms with van der Waals surface area (Å²) in [6.07, 6.45) is 3.51. The van der Waals surface area contributed by atoms with Gasteiger partial charge in [0.1, 0.15) is 0 Å². The fourth-order valence-electron chi connectivity index (χ4n) is 1.31. The molecule has 6 nitrogen and oxygen atoms in total. The second-order valence-corrected chi connectivity index (χ2v) is 8.05. The van der Waals surface area contributed by atoms with Crippen molar-refractivity contribution >= 4 is 20.5 Å². The SMILES string of the molecule is C=C(C)C(=O)OCCC[Si](C)(OC)OCOC(=O)C=CC. The van der Waals surface area contributed by atoms with Gasteiger partial charge in [-0.25, -0.2) is 9.59 Å². The van der Waals surface area contributed by atoms with Crippen molar-refractivity contribution in [3.05, 3.63) is 24.3 Å². The average molecular weight is 316 g/mol. The second-order valence-electron chi connectivity index (χ2n) is 4.58. The van der Waals surface area contributed by atoms with Crippen LogP contribution in [0.2, 0.25) is 12.6 Å². The van der Waals surface area contributed by atoms with E-state index in [1.165, 1.54) is 6.08 Å². The Morgan fingerprint density at radius 1 is 1.29 bits per heavy atom. The molecule has 0 heterocycles. The molecule has 0 N–H and O–H groups in total. The number of hydrogen-bond donors (Lipinski definition) is 0. The smallest absolute Gasteiger partial charge is 0.337 e. The molecular formula is C14H24O6Si. The minimum Gasteiger partial charge on any atom is -0.462 e. The summed E-state index contributed by atoms with van der Waals surface area (Å²) in [5.74, 6) is -0.864. The first kappa shape index (κ1) is 19.6. The van der Waals surface area contributed by atoms with Crippen LogP contribution in [0, 0.1) is 0 Å². The van der Waals surface area contributed by atoms with Crippen LogP contribution in [0.4, 0.5) is 0 Å². The number of rotatable bonds is 10. The minimum atomic E-state index is -2.43. The van der Waals surface area contributed by atoms with Gasteiger partial charge in [0.2, 0.25) is 0 Å². The van der Waals surface area contributed by atoms with E-state index in [4.69, 9.17) is 18.3 Å². The summed E-state index contributed by atoms with van der Waals surface area (Å²) in [5, 5.41) is 0. The Kier molecular flexibility index (Phi) is 9.60. The van der Waals surface area contributed by atoms with Crippen LogP contribution in [0.25, 0.3) is 0 Å². The summed E-state index contributed by atoms with van der Waals surface area (Å²) < 4.78 is 20.8. The standard InChI is InChI=1S/C14H24O6Si/c1-6-8-13(15)19-11-20-21(5,17-4)10-7-9-18-14(16)12(2)3/h6,8H,2,7,9-11H2,1,3-5H3. The molecule has 0 aliphatic heterocycles. The van der Waals surface area contributed by atoms with Crippen molar-refractivity contribution in [1.82, 2.24) is 0 Å². The van der Waals surface area contributed by atoms with E-state index in [9.17, 15) is 9.59 Å². The zero-order chi connectivity index (χ0) is 16.3. The van der Waals surface area contributed by atoms with Gasteiger partial charge in [-0.15, -0.1) is 0 Å². The van der Waals surface area contributed by atoms with Crippen LogP contribution in [0.1, 0.15) is 20.3 Å². The highest BCUT2D eigenvalue weighted by molar-refractivity contribution is 6.65. The van der Waals surface area contributed by atoms with Crippen molar-refractivity contribution < 1.29 is 27.9 Å². The van der Waals surface area contributed by atoms with E-state index in [-0.39, 0.29) is 13.4 Å². The molecule has 7 heteroatoms. The van der Waals surface area contributed by atoms with Gasteiger partial charge in [-0.05, 0) is 32.9 Å². The highest BCUT2D eigenvalue weighted by Gasteiger charge is 2.30. The van der Waals surface area contributed by atoms with Gasteiger partial charge in [0.25, 0.3) is 0 Å². The second kappa shape index (κ2) is 10.3. The Morgan fingerprint density at radius 3 is 2.48 bits per heavy atom. The number of hydrogen-bond acceptors (Lipinski definition) is 6. The highest BCUT2D eigenvalue weighted by atomic mass is 28.4. The molecule has 0 aromatic rings. The summed E-state index contributed by atoms with van der Waals surface area (Å²) in [6, 6.07) is 0.619.